The minimum Gasteiger partial charge on any atom is -0.464 e. The molecule has 0 fully saturated rings. The van der Waals surface area contributed by atoms with Crippen molar-refractivity contribution < 1.29 is 13.9 Å². The monoisotopic (exact) mass is 248 g/mol. The van der Waals surface area contributed by atoms with Crippen molar-refractivity contribution in [1.29, 1.82) is 0 Å². The summed E-state index contributed by atoms with van der Waals surface area (Å²) in [5.74, 6) is 0.302. The summed E-state index contributed by atoms with van der Waals surface area (Å²) in [6.45, 7) is 0. The van der Waals surface area contributed by atoms with Crippen LogP contribution in [-0.2, 0) is 4.74 Å². The van der Waals surface area contributed by atoms with E-state index in [2.05, 4.69) is 9.72 Å². The molecule has 0 amide bonds. The maximum absolute atomic E-state index is 11.4. The third-order valence-electron chi connectivity index (χ3n) is 2.38. The maximum atomic E-state index is 11.4. The topological polar surface area (TPSA) is 56.7 Å². The Balaban J connectivity index is 2.15. The first-order valence-electron chi connectivity index (χ1n) is 4.88. The summed E-state index contributed by atoms with van der Waals surface area (Å²) >= 11 is 1.44. The molecular weight excluding hydrogens is 240 g/mol. The van der Waals surface area contributed by atoms with Crippen LogP contribution < -0.4 is 0 Å². The summed E-state index contributed by atoms with van der Waals surface area (Å²) in [5, 5.41) is 1.93. The highest BCUT2D eigenvalue weighted by molar-refractivity contribution is 7.15. The molecule has 0 aliphatic heterocycles. The Morgan fingerprint density at radius 1 is 1.59 bits per heavy atom. The molecule has 86 valence electrons. The van der Waals surface area contributed by atoms with Crippen molar-refractivity contribution in [1.82, 2.24) is 9.38 Å². The van der Waals surface area contributed by atoms with Crippen LogP contribution in [0.2, 0.25) is 0 Å². The van der Waals surface area contributed by atoms with E-state index >= 15 is 0 Å². The number of imidazole rings is 1. The van der Waals surface area contributed by atoms with Gasteiger partial charge in [-0.05, 0) is 12.1 Å². The predicted molar refractivity (Wildman–Crippen MR) is 62.1 cm³/mol. The van der Waals surface area contributed by atoms with Crippen molar-refractivity contribution in [3.63, 3.8) is 0 Å². The molecule has 0 saturated carbocycles. The second-order valence-corrected chi connectivity index (χ2v) is 4.21. The normalized spacial score (nSPS) is 10.9. The Kier molecular flexibility index (Phi) is 2.22. The van der Waals surface area contributed by atoms with Crippen LogP contribution in [0.1, 0.15) is 10.5 Å². The van der Waals surface area contributed by atoms with E-state index in [0.29, 0.717) is 5.69 Å². The zero-order valence-electron chi connectivity index (χ0n) is 8.91. The Bertz CT molecular complexity index is 666. The van der Waals surface area contributed by atoms with E-state index in [1.807, 2.05) is 21.9 Å². The van der Waals surface area contributed by atoms with E-state index in [0.717, 1.165) is 16.4 Å². The van der Waals surface area contributed by atoms with Gasteiger partial charge in [0.05, 0.1) is 13.4 Å². The lowest BCUT2D eigenvalue weighted by Gasteiger charge is -1.93. The first-order chi connectivity index (χ1) is 8.29. The van der Waals surface area contributed by atoms with Crippen molar-refractivity contribution in [2.45, 2.75) is 0 Å². The molecule has 0 spiro atoms. The number of hydrogen-bond donors (Lipinski definition) is 0. The zero-order valence-corrected chi connectivity index (χ0v) is 9.73. The van der Waals surface area contributed by atoms with E-state index in [1.54, 1.807) is 12.5 Å². The Labute approximate surface area is 100 Å². The van der Waals surface area contributed by atoms with E-state index in [9.17, 15) is 4.79 Å². The van der Waals surface area contributed by atoms with E-state index in [1.165, 1.54) is 18.4 Å². The molecule has 6 heteroatoms. The van der Waals surface area contributed by atoms with Gasteiger partial charge >= 0.3 is 5.97 Å². The first-order valence-corrected chi connectivity index (χ1v) is 5.76. The zero-order chi connectivity index (χ0) is 11.8. The highest BCUT2D eigenvalue weighted by atomic mass is 32.1. The van der Waals surface area contributed by atoms with Crippen molar-refractivity contribution in [3.8, 4) is 11.5 Å². The minimum atomic E-state index is -0.439. The molecule has 3 heterocycles. The standard InChI is InChI=1S/C11H8N2O3S/c1-15-10(14)7-5-13-8(6-17-11(13)12-7)9-3-2-4-16-9/h2-6H,1H3. The van der Waals surface area contributed by atoms with Gasteiger partial charge < -0.3 is 9.15 Å². The van der Waals surface area contributed by atoms with Gasteiger partial charge in [0.15, 0.2) is 16.4 Å². The number of fused-ring (bicyclic) bond motifs is 1. The number of hydrogen-bond acceptors (Lipinski definition) is 5. The number of rotatable bonds is 2. The van der Waals surface area contributed by atoms with Gasteiger partial charge in [-0.25, -0.2) is 9.78 Å². The van der Waals surface area contributed by atoms with Gasteiger partial charge in [0.2, 0.25) is 0 Å². The molecule has 0 radical (unpaired) electrons. The smallest absolute Gasteiger partial charge is 0.358 e. The van der Waals surface area contributed by atoms with Crippen LogP contribution >= 0.6 is 11.3 Å². The van der Waals surface area contributed by atoms with Crippen LogP contribution in [0.25, 0.3) is 16.4 Å². The summed E-state index contributed by atoms with van der Waals surface area (Å²) in [4.78, 5) is 16.3. The summed E-state index contributed by atoms with van der Waals surface area (Å²) in [6.07, 6.45) is 3.26. The SMILES string of the molecule is COC(=O)c1cn2c(-c3ccco3)csc2n1. The number of methoxy groups -OCH3 is 1. The molecule has 0 aliphatic rings. The molecule has 17 heavy (non-hydrogen) atoms. The fourth-order valence-corrected chi connectivity index (χ4v) is 2.45. The number of ether oxygens (including phenoxy) is 1. The van der Waals surface area contributed by atoms with Gasteiger partial charge in [0.1, 0.15) is 5.69 Å². The molecule has 0 unspecified atom stereocenters. The van der Waals surface area contributed by atoms with Crippen LogP contribution in [0.3, 0.4) is 0 Å². The second-order valence-electron chi connectivity index (χ2n) is 3.37. The van der Waals surface area contributed by atoms with Crippen molar-refractivity contribution in [2.75, 3.05) is 7.11 Å². The fraction of sp³-hybridized carbons (Fsp3) is 0.0909. The van der Waals surface area contributed by atoms with Crippen LogP contribution in [0.15, 0.2) is 34.4 Å². The summed E-state index contributed by atoms with van der Waals surface area (Å²) < 4.78 is 11.8. The molecule has 3 aromatic rings. The molecule has 3 rings (SSSR count). The van der Waals surface area contributed by atoms with Gasteiger partial charge in [0.25, 0.3) is 0 Å². The quantitative estimate of drug-likeness (QED) is 0.653. The molecular formula is C11H8N2O3S. The lowest BCUT2D eigenvalue weighted by atomic mass is 10.3. The van der Waals surface area contributed by atoms with Crippen LogP contribution in [0.5, 0.6) is 0 Å². The number of thiazole rings is 1. The van der Waals surface area contributed by atoms with Gasteiger partial charge in [-0.2, -0.15) is 0 Å². The summed E-state index contributed by atoms with van der Waals surface area (Å²) in [6, 6.07) is 3.68. The minimum absolute atomic E-state index is 0.298. The maximum Gasteiger partial charge on any atom is 0.358 e. The van der Waals surface area contributed by atoms with E-state index in [4.69, 9.17) is 4.42 Å². The third kappa shape index (κ3) is 1.53. The fourth-order valence-electron chi connectivity index (χ4n) is 1.59. The molecule has 0 bridgehead atoms. The molecule has 0 N–H and O–H groups in total. The van der Waals surface area contributed by atoms with Crippen molar-refractivity contribution >= 4 is 22.3 Å². The number of esters is 1. The number of furan rings is 1. The number of nitrogens with zero attached hydrogens (tertiary/aromatic N) is 2. The number of carbonyl (C=O) groups is 1. The van der Waals surface area contributed by atoms with E-state index < -0.39 is 5.97 Å². The Morgan fingerprint density at radius 2 is 2.47 bits per heavy atom. The lowest BCUT2D eigenvalue weighted by molar-refractivity contribution is 0.0595. The highest BCUT2D eigenvalue weighted by Crippen LogP contribution is 2.26. The highest BCUT2D eigenvalue weighted by Gasteiger charge is 2.15. The molecule has 3 aromatic heterocycles. The Hall–Kier alpha value is -2.08. The number of carbonyl (C=O) groups excluding carboxylic acids is 1. The molecule has 0 aliphatic carbocycles. The summed E-state index contributed by atoms with van der Waals surface area (Å²) in [5.41, 5.74) is 1.17. The molecule has 5 nitrogen and oxygen atoms in total. The van der Waals surface area contributed by atoms with Gasteiger partial charge in [0, 0.05) is 11.6 Å². The van der Waals surface area contributed by atoms with Crippen LogP contribution in [-0.4, -0.2) is 22.5 Å². The average Bonchev–Trinajstić information content (AvgIpc) is 3.02. The third-order valence-corrected chi connectivity index (χ3v) is 3.22. The largest absolute Gasteiger partial charge is 0.464 e. The van der Waals surface area contributed by atoms with Gasteiger partial charge in [-0.3, -0.25) is 4.40 Å². The van der Waals surface area contributed by atoms with Crippen molar-refractivity contribution in [3.05, 3.63) is 35.7 Å². The molecule has 0 aromatic carbocycles. The number of aromatic nitrogens is 2. The lowest BCUT2D eigenvalue weighted by Crippen LogP contribution is -2.00. The van der Waals surface area contributed by atoms with Crippen LogP contribution in [0, 0.1) is 0 Å². The molecule has 0 atom stereocenters. The second kappa shape index (κ2) is 3.74. The van der Waals surface area contributed by atoms with E-state index in [-0.39, 0.29) is 0 Å². The first kappa shape index (κ1) is 10.1. The van der Waals surface area contributed by atoms with Gasteiger partial charge in [-0.15, -0.1) is 11.3 Å². The molecule has 0 saturated heterocycles. The predicted octanol–water partition coefficient (Wildman–Crippen LogP) is 2.44. The average molecular weight is 248 g/mol. The van der Waals surface area contributed by atoms with Crippen LogP contribution in [0.4, 0.5) is 0 Å². The Morgan fingerprint density at radius 3 is 3.18 bits per heavy atom. The van der Waals surface area contributed by atoms with Crippen molar-refractivity contribution in [2.24, 2.45) is 0 Å². The summed E-state index contributed by atoms with van der Waals surface area (Å²) in [7, 11) is 1.34. The van der Waals surface area contributed by atoms with Gasteiger partial charge in [-0.1, -0.05) is 0 Å².